The summed E-state index contributed by atoms with van der Waals surface area (Å²) in [5.74, 6) is -0.794. The summed E-state index contributed by atoms with van der Waals surface area (Å²) in [5, 5.41) is 8.71. The van der Waals surface area contributed by atoms with E-state index in [1.54, 1.807) is 0 Å². The number of carbonyl (C=O) groups is 2. The van der Waals surface area contributed by atoms with Crippen LogP contribution in [0, 0.1) is 6.92 Å². The number of nitrogens with one attached hydrogen (secondary N) is 1. The third kappa shape index (κ3) is 3.40. The SMILES string of the molecule is Cc1ccc(CNC(=O)C2=NN(c3ccccc3)C(C(N)=O)C2)n1C. The van der Waals surface area contributed by atoms with Crippen molar-refractivity contribution in [3.63, 3.8) is 0 Å². The van der Waals surface area contributed by atoms with Crippen LogP contribution >= 0.6 is 0 Å². The number of anilines is 1. The Hall–Kier alpha value is -3.09. The van der Waals surface area contributed by atoms with Crippen molar-refractivity contribution in [2.75, 3.05) is 5.01 Å². The monoisotopic (exact) mass is 339 g/mol. The maximum Gasteiger partial charge on any atom is 0.267 e. The Bertz CT molecular complexity index is 825. The molecule has 1 aliphatic heterocycles. The molecule has 1 aromatic heterocycles. The Morgan fingerprint density at radius 2 is 1.96 bits per heavy atom. The summed E-state index contributed by atoms with van der Waals surface area (Å²) in [6, 6.07) is 12.5. The standard InChI is InChI=1S/C18H21N5O2/c1-12-8-9-14(22(12)2)11-20-18(25)15-10-16(17(19)24)23(21-15)13-6-4-3-5-7-13/h3-9,16H,10-11H2,1-2H3,(H2,19,24)(H,20,25). The van der Waals surface area contributed by atoms with Gasteiger partial charge in [0.1, 0.15) is 11.8 Å². The van der Waals surface area contributed by atoms with Crippen molar-refractivity contribution in [3.05, 3.63) is 53.9 Å². The summed E-state index contributed by atoms with van der Waals surface area (Å²) >= 11 is 0. The van der Waals surface area contributed by atoms with E-state index in [0.29, 0.717) is 12.3 Å². The van der Waals surface area contributed by atoms with Gasteiger partial charge in [0, 0.05) is 24.9 Å². The van der Waals surface area contributed by atoms with E-state index in [1.807, 2.05) is 61.0 Å². The molecule has 7 nitrogen and oxygen atoms in total. The molecule has 0 aliphatic carbocycles. The van der Waals surface area contributed by atoms with Gasteiger partial charge in [-0.25, -0.2) is 0 Å². The first-order valence-electron chi connectivity index (χ1n) is 8.08. The summed E-state index contributed by atoms with van der Waals surface area (Å²) in [6.07, 6.45) is 0.197. The van der Waals surface area contributed by atoms with E-state index in [2.05, 4.69) is 10.4 Å². The molecule has 3 rings (SSSR count). The number of primary amides is 1. The zero-order valence-corrected chi connectivity index (χ0v) is 14.3. The molecule has 130 valence electrons. The number of benzene rings is 1. The van der Waals surface area contributed by atoms with Gasteiger partial charge in [-0.15, -0.1) is 0 Å². The van der Waals surface area contributed by atoms with Gasteiger partial charge in [0.05, 0.1) is 12.2 Å². The van der Waals surface area contributed by atoms with Gasteiger partial charge in [0.2, 0.25) is 5.91 Å². The maximum atomic E-state index is 12.5. The minimum absolute atomic E-state index is 0.197. The molecule has 0 radical (unpaired) electrons. The van der Waals surface area contributed by atoms with Gasteiger partial charge < -0.3 is 15.6 Å². The van der Waals surface area contributed by atoms with Crippen molar-refractivity contribution in [3.8, 4) is 0 Å². The van der Waals surface area contributed by atoms with Gasteiger partial charge in [-0.1, -0.05) is 18.2 Å². The van der Waals surface area contributed by atoms with Crippen LogP contribution in [0.3, 0.4) is 0 Å². The molecule has 0 spiro atoms. The number of aryl methyl sites for hydroxylation is 1. The summed E-state index contributed by atoms with van der Waals surface area (Å²) < 4.78 is 2.01. The molecule has 1 unspecified atom stereocenters. The quantitative estimate of drug-likeness (QED) is 0.853. The lowest BCUT2D eigenvalue weighted by molar-refractivity contribution is -0.119. The molecule has 3 N–H and O–H groups in total. The molecule has 1 atom stereocenters. The van der Waals surface area contributed by atoms with Crippen LogP contribution in [-0.2, 0) is 23.2 Å². The molecule has 0 saturated heterocycles. The molecular formula is C18H21N5O2. The molecule has 1 aromatic carbocycles. The lowest BCUT2D eigenvalue weighted by Crippen LogP contribution is -2.39. The molecule has 25 heavy (non-hydrogen) atoms. The van der Waals surface area contributed by atoms with Crippen LogP contribution in [-0.4, -0.2) is 28.1 Å². The molecule has 0 fully saturated rings. The van der Waals surface area contributed by atoms with Crippen LogP contribution < -0.4 is 16.1 Å². The number of hydrogen-bond acceptors (Lipinski definition) is 4. The highest BCUT2D eigenvalue weighted by Gasteiger charge is 2.34. The molecule has 0 saturated carbocycles. The van der Waals surface area contributed by atoms with Crippen LogP contribution in [0.4, 0.5) is 5.69 Å². The van der Waals surface area contributed by atoms with Gasteiger partial charge in [-0.2, -0.15) is 5.10 Å². The largest absolute Gasteiger partial charge is 0.368 e. The minimum Gasteiger partial charge on any atom is -0.368 e. The fourth-order valence-corrected chi connectivity index (χ4v) is 2.81. The number of rotatable bonds is 5. The number of hydrogen-bond donors (Lipinski definition) is 2. The Kier molecular flexibility index (Phi) is 4.56. The molecule has 2 heterocycles. The zero-order chi connectivity index (χ0) is 18.0. The summed E-state index contributed by atoms with van der Waals surface area (Å²) in [7, 11) is 1.95. The summed E-state index contributed by atoms with van der Waals surface area (Å²) in [5.41, 5.74) is 8.63. The van der Waals surface area contributed by atoms with Crippen molar-refractivity contribution in [1.82, 2.24) is 9.88 Å². The number of aromatic nitrogens is 1. The first kappa shape index (κ1) is 16.8. The highest BCUT2D eigenvalue weighted by molar-refractivity contribution is 6.40. The fourth-order valence-electron chi connectivity index (χ4n) is 2.81. The van der Waals surface area contributed by atoms with E-state index in [-0.39, 0.29) is 12.3 Å². The van der Waals surface area contributed by atoms with Crippen molar-refractivity contribution in [2.45, 2.75) is 25.9 Å². The normalized spacial score (nSPS) is 16.6. The molecule has 1 aliphatic rings. The number of amides is 2. The smallest absolute Gasteiger partial charge is 0.267 e. The second kappa shape index (κ2) is 6.80. The number of para-hydroxylation sites is 1. The van der Waals surface area contributed by atoms with Crippen LogP contribution in [0.2, 0.25) is 0 Å². The summed E-state index contributed by atoms with van der Waals surface area (Å²) in [6.45, 7) is 2.40. The van der Waals surface area contributed by atoms with Gasteiger partial charge in [-0.05, 0) is 31.2 Å². The van der Waals surface area contributed by atoms with Crippen molar-refractivity contribution in [1.29, 1.82) is 0 Å². The Morgan fingerprint density at radius 1 is 1.24 bits per heavy atom. The molecule has 7 heteroatoms. The minimum atomic E-state index is -0.652. The average Bonchev–Trinajstić information content (AvgIpc) is 3.19. The van der Waals surface area contributed by atoms with E-state index >= 15 is 0 Å². The third-order valence-corrected chi connectivity index (χ3v) is 4.43. The van der Waals surface area contributed by atoms with Gasteiger partial charge in [0.25, 0.3) is 5.91 Å². The predicted molar refractivity (Wildman–Crippen MR) is 96.0 cm³/mol. The van der Waals surface area contributed by atoms with E-state index in [1.165, 1.54) is 5.01 Å². The third-order valence-electron chi connectivity index (χ3n) is 4.43. The van der Waals surface area contributed by atoms with Gasteiger partial charge in [0.15, 0.2) is 0 Å². The number of carbonyl (C=O) groups excluding carboxylic acids is 2. The van der Waals surface area contributed by atoms with Crippen LogP contribution in [0.1, 0.15) is 17.8 Å². The van der Waals surface area contributed by atoms with Gasteiger partial charge >= 0.3 is 0 Å². The lowest BCUT2D eigenvalue weighted by atomic mass is 10.1. The predicted octanol–water partition coefficient (Wildman–Crippen LogP) is 1.07. The van der Waals surface area contributed by atoms with E-state index in [9.17, 15) is 9.59 Å². The first-order chi connectivity index (χ1) is 12.0. The van der Waals surface area contributed by atoms with E-state index < -0.39 is 11.9 Å². The summed E-state index contributed by atoms with van der Waals surface area (Å²) in [4.78, 5) is 24.2. The van der Waals surface area contributed by atoms with Crippen molar-refractivity contribution >= 4 is 23.2 Å². The molecule has 2 aromatic rings. The topological polar surface area (TPSA) is 92.7 Å². The van der Waals surface area contributed by atoms with Crippen LogP contribution in [0.5, 0.6) is 0 Å². The zero-order valence-electron chi connectivity index (χ0n) is 14.3. The Balaban J connectivity index is 1.74. The van der Waals surface area contributed by atoms with Gasteiger partial charge in [-0.3, -0.25) is 14.6 Å². The maximum absolute atomic E-state index is 12.5. The van der Waals surface area contributed by atoms with Crippen LogP contribution in [0.25, 0.3) is 0 Å². The first-order valence-corrected chi connectivity index (χ1v) is 8.08. The fraction of sp³-hybridized carbons (Fsp3) is 0.278. The number of nitrogens with zero attached hydrogens (tertiary/aromatic N) is 3. The number of nitrogens with two attached hydrogens (primary N) is 1. The molecule has 0 bridgehead atoms. The molecule has 2 amide bonds. The van der Waals surface area contributed by atoms with E-state index in [4.69, 9.17) is 5.73 Å². The van der Waals surface area contributed by atoms with Crippen molar-refractivity contribution in [2.24, 2.45) is 17.9 Å². The number of hydrazone groups is 1. The highest BCUT2D eigenvalue weighted by Crippen LogP contribution is 2.24. The Labute approximate surface area is 146 Å². The lowest BCUT2D eigenvalue weighted by Gasteiger charge is -2.20. The average molecular weight is 339 g/mol. The van der Waals surface area contributed by atoms with E-state index in [0.717, 1.165) is 17.1 Å². The molecular weight excluding hydrogens is 318 g/mol. The van der Waals surface area contributed by atoms with Crippen molar-refractivity contribution < 1.29 is 9.59 Å². The second-order valence-electron chi connectivity index (χ2n) is 6.06. The Morgan fingerprint density at radius 3 is 2.56 bits per heavy atom. The second-order valence-corrected chi connectivity index (χ2v) is 6.06. The highest BCUT2D eigenvalue weighted by atomic mass is 16.2. The van der Waals surface area contributed by atoms with Crippen LogP contribution in [0.15, 0.2) is 47.6 Å².